The Balaban J connectivity index is 1.73. The van der Waals surface area contributed by atoms with Crippen molar-refractivity contribution in [3.05, 3.63) is 0 Å². The Morgan fingerprint density at radius 2 is 2.36 bits per heavy atom. The van der Waals surface area contributed by atoms with Crippen LogP contribution < -0.4 is 5.32 Å². The van der Waals surface area contributed by atoms with Crippen molar-refractivity contribution in [2.75, 3.05) is 26.2 Å². The highest BCUT2D eigenvalue weighted by Gasteiger charge is 2.38. The van der Waals surface area contributed by atoms with Gasteiger partial charge in [0.1, 0.15) is 0 Å². The number of amides is 1. The number of nitrogens with one attached hydrogen (secondary N) is 1. The molecule has 4 heteroatoms. The zero-order valence-electron chi connectivity index (χ0n) is 8.41. The zero-order valence-corrected chi connectivity index (χ0v) is 8.41. The number of carbonyl (C=O) groups is 1. The average Bonchev–Trinajstić information content (AvgIpc) is 2.76. The van der Waals surface area contributed by atoms with Gasteiger partial charge in [0.05, 0.1) is 13.2 Å². The van der Waals surface area contributed by atoms with E-state index in [-0.39, 0.29) is 12.5 Å². The van der Waals surface area contributed by atoms with Crippen LogP contribution in [0.4, 0.5) is 0 Å². The molecular formula is C10H18N2O2. The van der Waals surface area contributed by atoms with Gasteiger partial charge in [-0.1, -0.05) is 0 Å². The van der Waals surface area contributed by atoms with Crippen molar-refractivity contribution in [2.24, 2.45) is 5.92 Å². The van der Waals surface area contributed by atoms with E-state index in [1.165, 1.54) is 19.3 Å². The number of hydrogen-bond acceptors (Lipinski definition) is 3. The van der Waals surface area contributed by atoms with Gasteiger partial charge >= 0.3 is 0 Å². The molecular weight excluding hydrogens is 180 g/mol. The predicted molar refractivity (Wildman–Crippen MR) is 52.8 cm³/mol. The second-order valence-corrected chi connectivity index (χ2v) is 4.34. The minimum Gasteiger partial charge on any atom is -0.395 e. The Morgan fingerprint density at radius 3 is 2.93 bits per heavy atom. The Hall–Kier alpha value is -0.610. The molecule has 0 aromatic heterocycles. The Bertz CT molecular complexity index is 220. The monoisotopic (exact) mass is 198 g/mol. The molecule has 2 fully saturated rings. The molecule has 1 aliphatic carbocycles. The zero-order chi connectivity index (χ0) is 9.97. The fraction of sp³-hybridized carbons (Fsp3) is 0.900. The molecule has 1 saturated heterocycles. The standard InChI is InChI=1S/C10H18N2O2/c13-4-3-11-10(14)7-12-6-8-1-2-9(12)5-8/h8-9,13H,1-7H2,(H,11,14). The molecule has 1 heterocycles. The molecule has 1 amide bonds. The van der Waals surface area contributed by atoms with E-state index in [9.17, 15) is 4.79 Å². The predicted octanol–water partition coefficient (Wildman–Crippen LogP) is -0.421. The minimum absolute atomic E-state index is 0.0256. The summed E-state index contributed by atoms with van der Waals surface area (Å²) in [5.41, 5.74) is 0. The number of fused-ring (bicyclic) bond motifs is 2. The SMILES string of the molecule is O=C(CN1CC2CCC1C2)NCCO. The lowest BCUT2D eigenvalue weighted by Gasteiger charge is -2.25. The molecule has 80 valence electrons. The van der Waals surface area contributed by atoms with Crippen LogP contribution in [0.2, 0.25) is 0 Å². The fourth-order valence-electron chi connectivity index (χ4n) is 2.66. The third-order valence-electron chi connectivity index (χ3n) is 3.30. The lowest BCUT2D eigenvalue weighted by atomic mass is 10.1. The number of nitrogens with zero attached hydrogens (tertiary/aromatic N) is 1. The van der Waals surface area contributed by atoms with Crippen LogP contribution in [0.1, 0.15) is 19.3 Å². The molecule has 2 atom stereocenters. The summed E-state index contributed by atoms with van der Waals surface area (Å²) in [7, 11) is 0. The molecule has 0 aromatic carbocycles. The second-order valence-electron chi connectivity index (χ2n) is 4.34. The smallest absolute Gasteiger partial charge is 0.234 e. The van der Waals surface area contributed by atoms with Crippen LogP contribution in [0.25, 0.3) is 0 Å². The average molecular weight is 198 g/mol. The summed E-state index contributed by atoms with van der Waals surface area (Å²) >= 11 is 0. The maximum absolute atomic E-state index is 11.4. The normalized spacial score (nSPS) is 30.9. The Kier molecular flexibility index (Phi) is 3.03. The number of carbonyl (C=O) groups excluding carboxylic acids is 1. The number of aliphatic hydroxyl groups is 1. The van der Waals surface area contributed by atoms with Gasteiger partial charge in [-0.2, -0.15) is 0 Å². The molecule has 2 N–H and O–H groups in total. The molecule has 1 saturated carbocycles. The number of hydrogen-bond donors (Lipinski definition) is 2. The quantitative estimate of drug-likeness (QED) is 0.645. The third-order valence-corrected chi connectivity index (χ3v) is 3.30. The van der Waals surface area contributed by atoms with E-state index in [0.29, 0.717) is 19.1 Å². The summed E-state index contributed by atoms with van der Waals surface area (Å²) in [6, 6.07) is 0.653. The highest BCUT2D eigenvalue weighted by Crippen LogP contribution is 2.36. The largest absolute Gasteiger partial charge is 0.395 e. The topological polar surface area (TPSA) is 52.6 Å². The molecule has 2 aliphatic rings. The minimum atomic E-state index is 0.0256. The van der Waals surface area contributed by atoms with E-state index in [2.05, 4.69) is 10.2 Å². The first-order chi connectivity index (χ1) is 6.79. The van der Waals surface area contributed by atoms with Crippen molar-refractivity contribution in [3.8, 4) is 0 Å². The summed E-state index contributed by atoms with van der Waals surface area (Å²) in [6.45, 7) is 2.01. The first kappa shape index (κ1) is 9.93. The van der Waals surface area contributed by atoms with E-state index in [1.807, 2.05) is 0 Å². The van der Waals surface area contributed by atoms with Gasteiger partial charge in [0.25, 0.3) is 0 Å². The highest BCUT2D eigenvalue weighted by atomic mass is 16.3. The molecule has 0 aromatic rings. The van der Waals surface area contributed by atoms with Gasteiger partial charge in [0, 0.05) is 19.1 Å². The number of aliphatic hydroxyl groups excluding tert-OH is 1. The third kappa shape index (κ3) is 2.07. The van der Waals surface area contributed by atoms with Gasteiger partial charge < -0.3 is 10.4 Å². The lowest BCUT2D eigenvalue weighted by molar-refractivity contribution is -0.122. The molecule has 2 unspecified atom stereocenters. The first-order valence-electron chi connectivity index (χ1n) is 5.41. The lowest BCUT2D eigenvalue weighted by Crippen LogP contribution is -2.41. The Morgan fingerprint density at radius 1 is 1.50 bits per heavy atom. The van der Waals surface area contributed by atoms with Crippen LogP contribution in [-0.4, -0.2) is 48.2 Å². The van der Waals surface area contributed by atoms with Crippen molar-refractivity contribution in [1.82, 2.24) is 10.2 Å². The van der Waals surface area contributed by atoms with E-state index in [0.717, 1.165) is 12.5 Å². The summed E-state index contributed by atoms with van der Waals surface area (Å²) in [4.78, 5) is 13.6. The van der Waals surface area contributed by atoms with Gasteiger partial charge in [-0.15, -0.1) is 0 Å². The first-order valence-corrected chi connectivity index (χ1v) is 5.41. The summed E-state index contributed by atoms with van der Waals surface area (Å²) < 4.78 is 0. The molecule has 2 rings (SSSR count). The van der Waals surface area contributed by atoms with Crippen molar-refractivity contribution in [1.29, 1.82) is 0 Å². The molecule has 0 spiro atoms. The summed E-state index contributed by atoms with van der Waals surface area (Å²) in [6.07, 6.45) is 3.89. The van der Waals surface area contributed by atoms with Crippen molar-refractivity contribution < 1.29 is 9.90 Å². The van der Waals surface area contributed by atoms with E-state index in [4.69, 9.17) is 5.11 Å². The molecule has 4 nitrogen and oxygen atoms in total. The van der Waals surface area contributed by atoms with Gasteiger partial charge in [-0.3, -0.25) is 9.69 Å². The highest BCUT2D eigenvalue weighted by molar-refractivity contribution is 5.78. The van der Waals surface area contributed by atoms with Crippen LogP contribution in [0.3, 0.4) is 0 Å². The van der Waals surface area contributed by atoms with Gasteiger partial charge in [-0.05, 0) is 25.2 Å². The maximum atomic E-state index is 11.4. The van der Waals surface area contributed by atoms with Crippen molar-refractivity contribution in [3.63, 3.8) is 0 Å². The van der Waals surface area contributed by atoms with Gasteiger partial charge in [0.2, 0.25) is 5.91 Å². The van der Waals surface area contributed by atoms with Crippen LogP contribution in [-0.2, 0) is 4.79 Å². The van der Waals surface area contributed by atoms with Crippen LogP contribution in [0, 0.1) is 5.92 Å². The number of likely N-dealkylation sites (tertiary alicyclic amines) is 1. The van der Waals surface area contributed by atoms with E-state index < -0.39 is 0 Å². The fourth-order valence-corrected chi connectivity index (χ4v) is 2.66. The maximum Gasteiger partial charge on any atom is 0.234 e. The van der Waals surface area contributed by atoms with Gasteiger partial charge in [-0.25, -0.2) is 0 Å². The molecule has 2 bridgehead atoms. The molecule has 0 radical (unpaired) electrons. The van der Waals surface area contributed by atoms with Crippen LogP contribution >= 0.6 is 0 Å². The number of piperidine rings is 1. The second kappa shape index (κ2) is 4.28. The summed E-state index contributed by atoms with van der Waals surface area (Å²) in [5.74, 6) is 0.886. The van der Waals surface area contributed by atoms with Crippen molar-refractivity contribution in [2.45, 2.75) is 25.3 Å². The van der Waals surface area contributed by atoms with Crippen LogP contribution in [0.15, 0.2) is 0 Å². The van der Waals surface area contributed by atoms with E-state index in [1.54, 1.807) is 0 Å². The number of rotatable bonds is 4. The van der Waals surface area contributed by atoms with Crippen molar-refractivity contribution >= 4 is 5.91 Å². The Labute approximate surface area is 84.3 Å². The molecule has 1 aliphatic heterocycles. The molecule has 14 heavy (non-hydrogen) atoms. The van der Waals surface area contributed by atoms with Gasteiger partial charge in [0.15, 0.2) is 0 Å². The van der Waals surface area contributed by atoms with Crippen LogP contribution in [0.5, 0.6) is 0 Å². The van der Waals surface area contributed by atoms with E-state index >= 15 is 0 Å². The summed E-state index contributed by atoms with van der Waals surface area (Å²) in [5, 5.41) is 11.2.